The third-order valence-electron chi connectivity index (χ3n) is 7.91. The second-order valence-corrected chi connectivity index (χ2v) is 10.3. The SMILES string of the molecule is COc1cc2c(cc1OC)CN(C(=O)C1CCCN(CCNC(=O)c3ccc4c(c3)OCC(=O)N4C)C1)CC2. The Hall–Kier alpha value is -3.79. The van der Waals surface area contributed by atoms with E-state index in [0.717, 1.165) is 37.1 Å². The molecule has 5 rings (SSSR count). The molecule has 1 fully saturated rings. The molecule has 2 aromatic carbocycles. The third-order valence-corrected chi connectivity index (χ3v) is 7.91. The summed E-state index contributed by atoms with van der Waals surface area (Å²) in [5, 5.41) is 2.98. The molecule has 1 saturated heterocycles. The van der Waals surface area contributed by atoms with Gasteiger partial charge in [-0.2, -0.15) is 0 Å². The van der Waals surface area contributed by atoms with Gasteiger partial charge in [0.05, 0.1) is 25.8 Å². The number of likely N-dealkylation sites (N-methyl/N-ethyl adjacent to an activating group) is 1. The average Bonchev–Trinajstić information content (AvgIpc) is 2.97. The van der Waals surface area contributed by atoms with Crippen molar-refractivity contribution < 1.29 is 28.6 Å². The normalized spacial score (nSPS) is 19.1. The molecule has 3 heterocycles. The van der Waals surface area contributed by atoms with Crippen LogP contribution in [0, 0.1) is 5.92 Å². The van der Waals surface area contributed by atoms with E-state index >= 15 is 0 Å². The zero-order valence-corrected chi connectivity index (χ0v) is 22.8. The first-order valence-electron chi connectivity index (χ1n) is 13.4. The maximum Gasteiger partial charge on any atom is 0.264 e. The van der Waals surface area contributed by atoms with Gasteiger partial charge < -0.3 is 34.2 Å². The first kappa shape index (κ1) is 26.8. The number of nitrogens with zero attached hydrogens (tertiary/aromatic N) is 3. The fraction of sp³-hybridized carbons (Fsp3) is 0.483. The van der Waals surface area contributed by atoms with E-state index in [-0.39, 0.29) is 30.2 Å². The molecule has 1 N–H and O–H groups in total. The number of amides is 3. The highest BCUT2D eigenvalue weighted by Crippen LogP contribution is 2.34. The number of likely N-dealkylation sites (tertiary alicyclic amines) is 1. The summed E-state index contributed by atoms with van der Waals surface area (Å²) in [6.45, 7) is 4.00. The lowest BCUT2D eigenvalue weighted by Gasteiger charge is -2.37. The molecular weight excluding hydrogens is 500 g/mol. The topological polar surface area (TPSA) is 101 Å². The summed E-state index contributed by atoms with van der Waals surface area (Å²) in [4.78, 5) is 43.8. The van der Waals surface area contributed by atoms with E-state index < -0.39 is 0 Å². The number of benzene rings is 2. The number of hydrogen-bond donors (Lipinski definition) is 1. The lowest BCUT2D eigenvalue weighted by molar-refractivity contribution is -0.138. The van der Waals surface area contributed by atoms with Gasteiger partial charge in [0.25, 0.3) is 11.8 Å². The number of anilines is 1. The fourth-order valence-corrected chi connectivity index (χ4v) is 5.64. The minimum absolute atomic E-state index is 0.0314. The lowest BCUT2D eigenvalue weighted by atomic mass is 9.93. The van der Waals surface area contributed by atoms with E-state index in [0.29, 0.717) is 55.5 Å². The van der Waals surface area contributed by atoms with E-state index in [4.69, 9.17) is 14.2 Å². The minimum atomic E-state index is -0.190. The van der Waals surface area contributed by atoms with E-state index in [1.54, 1.807) is 39.5 Å². The summed E-state index contributed by atoms with van der Waals surface area (Å²) in [7, 11) is 4.95. The van der Waals surface area contributed by atoms with E-state index in [1.807, 2.05) is 17.0 Å². The second-order valence-electron chi connectivity index (χ2n) is 10.3. The van der Waals surface area contributed by atoms with Crippen LogP contribution < -0.4 is 24.4 Å². The van der Waals surface area contributed by atoms with Crippen molar-refractivity contribution in [2.24, 2.45) is 5.92 Å². The number of carbonyl (C=O) groups excluding carboxylic acids is 3. The van der Waals surface area contributed by atoms with Gasteiger partial charge in [0.1, 0.15) is 5.75 Å². The summed E-state index contributed by atoms with van der Waals surface area (Å²) in [5.74, 6) is 1.76. The minimum Gasteiger partial charge on any atom is -0.493 e. The van der Waals surface area contributed by atoms with Gasteiger partial charge in [0.2, 0.25) is 5.91 Å². The number of ether oxygens (including phenoxy) is 3. The Kier molecular flexibility index (Phi) is 7.92. The Labute approximate surface area is 228 Å². The van der Waals surface area contributed by atoms with Gasteiger partial charge in [-0.3, -0.25) is 14.4 Å². The number of carbonyl (C=O) groups is 3. The van der Waals surface area contributed by atoms with Crippen molar-refractivity contribution >= 4 is 23.4 Å². The molecule has 208 valence electrons. The van der Waals surface area contributed by atoms with Crippen LogP contribution in [-0.4, -0.2) is 88.1 Å². The Balaban J connectivity index is 1.13. The van der Waals surface area contributed by atoms with Crippen molar-refractivity contribution in [3.8, 4) is 17.2 Å². The van der Waals surface area contributed by atoms with Gasteiger partial charge in [-0.05, 0) is 67.3 Å². The monoisotopic (exact) mass is 536 g/mol. The Bertz CT molecular complexity index is 1260. The third kappa shape index (κ3) is 5.66. The molecule has 39 heavy (non-hydrogen) atoms. The molecule has 0 aromatic heterocycles. The second kappa shape index (κ2) is 11.5. The molecule has 0 radical (unpaired) electrons. The van der Waals surface area contributed by atoms with Crippen molar-refractivity contribution in [3.05, 3.63) is 47.0 Å². The molecule has 0 spiro atoms. The largest absolute Gasteiger partial charge is 0.493 e. The first-order valence-corrected chi connectivity index (χ1v) is 13.4. The standard InChI is InChI=1S/C29H36N4O6/c1-31-23-7-6-20(14-24(23)39-18-27(31)34)28(35)30-9-12-32-10-4-5-21(16-32)29(36)33-11-8-19-13-25(37-2)26(38-3)15-22(19)17-33/h6-7,13-15,21H,4-5,8-12,16-18H2,1-3H3,(H,30,35). The van der Waals surface area contributed by atoms with E-state index in [2.05, 4.69) is 10.2 Å². The first-order chi connectivity index (χ1) is 18.9. The summed E-state index contributed by atoms with van der Waals surface area (Å²) in [5.41, 5.74) is 3.45. The van der Waals surface area contributed by atoms with Crippen molar-refractivity contribution in [1.29, 1.82) is 0 Å². The number of fused-ring (bicyclic) bond motifs is 2. The Morgan fingerprint density at radius 1 is 1.08 bits per heavy atom. The van der Waals surface area contributed by atoms with Gasteiger partial charge in [-0.1, -0.05) is 0 Å². The molecule has 0 saturated carbocycles. The summed E-state index contributed by atoms with van der Waals surface area (Å²) < 4.78 is 16.4. The highest BCUT2D eigenvalue weighted by Gasteiger charge is 2.31. The van der Waals surface area contributed by atoms with Crippen molar-refractivity contribution in [1.82, 2.24) is 15.1 Å². The number of hydrogen-bond acceptors (Lipinski definition) is 7. The number of methoxy groups -OCH3 is 2. The van der Waals surface area contributed by atoms with E-state index in [9.17, 15) is 14.4 Å². The van der Waals surface area contributed by atoms with Gasteiger partial charge in [0, 0.05) is 45.3 Å². The average molecular weight is 537 g/mol. The predicted octanol–water partition coefficient (Wildman–Crippen LogP) is 2.09. The van der Waals surface area contributed by atoms with Gasteiger partial charge in [-0.25, -0.2) is 0 Å². The Morgan fingerprint density at radius 3 is 2.62 bits per heavy atom. The molecule has 3 amide bonds. The van der Waals surface area contributed by atoms with Crippen LogP contribution in [0.15, 0.2) is 30.3 Å². The van der Waals surface area contributed by atoms with Crippen LogP contribution in [0.3, 0.4) is 0 Å². The van der Waals surface area contributed by atoms with Gasteiger partial charge in [0.15, 0.2) is 18.1 Å². The summed E-state index contributed by atoms with van der Waals surface area (Å²) >= 11 is 0. The summed E-state index contributed by atoms with van der Waals surface area (Å²) in [6.07, 6.45) is 2.63. The number of piperidine rings is 1. The summed E-state index contributed by atoms with van der Waals surface area (Å²) in [6, 6.07) is 9.10. The van der Waals surface area contributed by atoms with Crippen molar-refractivity contribution in [2.45, 2.75) is 25.8 Å². The molecule has 10 heteroatoms. The maximum absolute atomic E-state index is 13.5. The van der Waals surface area contributed by atoms with Crippen molar-refractivity contribution in [3.63, 3.8) is 0 Å². The Morgan fingerprint density at radius 2 is 1.85 bits per heavy atom. The molecular formula is C29H36N4O6. The van der Waals surface area contributed by atoms with E-state index in [1.165, 1.54) is 10.5 Å². The van der Waals surface area contributed by atoms with Crippen LogP contribution in [-0.2, 0) is 22.6 Å². The predicted molar refractivity (Wildman–Crippen MR) is 146 cm³/mol. The van der Waals surface area contributed by atoms with Crippen LogP contribution >= 0.6 is 0 Å². The molecule has 1 atom stereocenters. The molecule has 2 aromatic rings. The molecule has 3 aliphatic heterocycles. The maximum atomic E-state index is 13.5. The highest BCUT2D eigenvalue weighted by molar-refractivity contribution is 6.00. The van der Waals surface area contributed by atoms with Crippen LogP contribution in [0.1, 0.15) is 34.3 Å². The lowest BCUT2D eigenvalue weighted by Crippen LogP contribution is -2.47. The quantitative estimate of drug-likeness (QED) is 0.578. The zero-order valence-electron chi connectivity index (χ0n) is 22.8. The van der Waals surface area contributed by atoms with Crippen molar-refractivity contribution in [2.75, 3.05) is 65.5 Å². The smallest absolute Gasteiger partial charge is 0.264 e. The fourth-order valence-electron chi connectivity index (χ4n) is 5.64. The molecule has 10 nitrogen and oxygen atoms in total. The van der Waals surface area contributed by atoms with Gasteiger partial charge >= 0.3 is 0 Å². The molecule has 0 bridgehead atoms. The molecule has 1 unspecified atom stereocenters. The molecule has 0 aliphatic carbocycles. The number of rotatable bonds is 7. The van der Waals surface area contributed by atoms with Crippen LogP contribution in [0.25, 0.3) is 0 Å². The van der Waals surface area contributed by atoms with Crippen LogP contribution in [0.5, 0.6) is 17.2 Å². The highest BCUT2D eigenvalue weighted by atomic mass is 16.5. The zero-order chi connectivity index (χ0) is 27.5. The molecule has 3 aliphatic rings. The number of nitrogens with one attached hydrogen (secondary N) is 1. The van der Waals surface area contributed by atoms with Crippen LogP contribution in [0.2, 0.25) is 0 Å². The van der Waals surface area contributed by atoms with Gasteiger partial charge in [-0.15, -0.1) is 0 Å². The van der Waals surface area contributed by atoms with Crippen LogP contribution in [0.4, 0.5) is 5.69 Å².